The maximum Gasteiger partial charge on any atom is 0.123 e. The third-order valence-electron chi connectivity index (χ3n) is 2.35. The van der Waals surface area contributed by atoms with Gasteiger partial charge in [0.2, 0.25) is 0 Å². The molecule has 2 heterocycles. The molecule has 0 aliphatic rings. The summed E-state index contributed by atoms with van der Waals surface area (Å²) >= 11 is 5.23. The number of hydrogen-bond donors (Lipinski definition) is 1. The molecule has 0 atom stereocenters. The fraction of sp³-hybridized carbons (Fsp3) is 0.250. The van der Waals surface area contributed by atoms with Crippen LogP contribution in [-0.2, 0) is 13.1 Å². The third kappa shape index (κ3) is 3.80. The molecule has 5 heteroatoms. The maximum absolute atomic E-state index is 5.56. The lowest BCUT2D eigenvalue weighted by Gasteiger charge is -2.15. The van der Waals surface area contributed by atoms with E-state index in [2.05, 4.69) is 44.3 Å². The molecule has 90 valence electrons. The van der Waals surface area contributed by atoms with E-state index in [1.54, 1.807) is 11.3 Å². The maximum atomic E-state index is 5.56. The summed E-state index contributed by atoms with van der Waals surface area (Å²) in [7, 11) is 2.10. The Morgan fingerprint density at radius 1 is 1.41 bits per heavy atom. The second-order valence-corrected chi connectivity index (χ2v) is 5.91. The Labute approximate surface area is 113 Å². The van der Waals surface area contributed by atoms with Gasteiger partial charge in [-0.1, -0.05) is 6.07 Å². The molecule has 0 saturated heterocycles. The van der Waals surface area contributed by atoms with Gasteiger partial charge in [0.25, 0.3) is 0 Å². The Kier molecular flexibility index (Phi) is 4.15. The van der Waals surface area contributed by atoms with Crippen LogP contribution in [0.3, 0.4) is 0 Å². The van der Waals surface area contributed by atoms with Crippen molar-refractivity contribution in [3.05, 3.63) is 44.7 Å². The van der Waals surface area contributed by atoms with Crippen LogP contribution in [-0.4, -0.2) is 16.9 Å². The van der Waals surface area contributed by atoms with Crippen LogP contribution >= 0.6 is 27.3 Å². The lowest BCUT2D eigenvalue weighted by atomic mass is 10.2. The predicted molar refractivity (Wildman–Crippen MR) is 75.8 cm³/mol. The van der Waals surface area contributed by atoms with Gasteiger partial charge in [-0.15, -0.1) is 11.3 Å². The summed E-state index contributed by atoms with van der Waals surface area (Å²) in [5.74, 6) is 0.568. The zero-order chi connectivity index (χ0) is 12.3. The van der Waals surface area contributed by atoms with E-state index in [0.717, 1.165) is 17.6 Å². The van der Waals surface area contributed by atoms with E-state index in [1.807, 2.05) is 18.3 Å². The van der Waals surface area contributed by atoms with Crippen LogP contribution in [0.2, 0.25) is 0 Å². The van der Waals surface area contributed by atoms with E-state index in [1.165, 1.54) is 10.4 Å². The average Bonchev–Trinajstić information content (AvgIpc) is 2.67. The van der Waals surface area contributed by atoms with Crippen LogP contribution in [0.25, 0.3) is 0 Å². The minimum Gasteiger partial charge on any atom is -0.384 e. The number of thiophene rings is 1. The van der Waals surface area contributed by atoms with Crippen molar-refractivity contribution in [1.82, 2.24) is 9.88 Å². The molecule has 0 unspecified atom stereocenters. The summed E-state index contributed by atoms with van der Waals surface area (Å²) in [5, 5.41) is 2.11. The molecule has 0 aliphatic heterocycles. The smallest absolute Gasteiger partial charge is 0.123 e. The minimum atomic E-state index is 0.568. The molecule has 0 bridgehead atoms. The number of rotatable bonds is 4. The fourth-order valence-electron chi connectivity index (χ4n) is 1.60. The highest BCUT2D eigenvalue weighted by molar-refractivity contribution is 9.10. The van der Waals surface area contributed by atoms with Crippen LogP contribution < -0.4 is 5.73 Å². The van der Waals surface area contributed by atoms with E-state index < -0.39 is 0 Å². The zero-order valence-corrected chi connectivity index (χ0v) is 12.0. The monoisotopic (exact) mass is 311 g/mol. The van der Waals surface area contributed by atoms with Gasteiger partial charge < -0.3 is 5.73 Å². The largest absolute Gasteiger partial charge is 0.384 e. The Balaban J connectivity index is 1.93. The summed E-state index contributed by atoms with van der Waals surface area (Å²) in [4.78, 5) is 7.69. The van der Waals surface area contributed by atoms with Crippen molar-refractivity contribution < 1.29 is 0 Å². The summed E-state index contributed by atoms with van der Waals surface area (Å²) in [6.45, 7) is 1.82. The molecule has 2 N–H and O–H groups in total. The van der Waals surface area contributed by atoms with Crippen molar-refractivity contribution in [2.24, 2.45) is 0 Å². The molecule has 0 radical (unpaired) electrons. The number of anilines is 1. The first-order valence-electron chi connectivity index (χ1n) is 5.25. The van der Waals surface area contributed by atoms with E-state index in [4.69, 9.17) is 5.73 Å². The SMILES string of the molecule is CN(Cc1ccc(N)nc1)Cc1cc(Br)cs1. The summed E-state index contributed by atoms with van der Waals surface area (Å²) in [6, 6.07) is 6.01. The van der Waals surface area contributed by atoms with Crippen LogP contribution in [0.4, 0.5) is 5.82 Å². The number of nitrogen functional groups attached to an aromatic ring is 1. The van der Waals surface area contributed by atoms with Gasteiger partial charge in [0.05, 0.1) is 0 Å². The van der Waals surface area contributed by atoms with Gasteiger partial charge in [-0.05, 0) is 40.7 Å². The Bertz CT molecular complexity index is 481. The highest BCUT2D eigenvalue weighted by Gasteiger charge is 2.04. The molecule has 2 aromatic rings. The van der Waals surface area contributed by atoms with Gasteiger partial charge in [-0.3, -0.25) is 4.90 Å². The van der Waals surface area contributed by atoms with Gasteiger partial charge in [0.15, 0.2) is 0 Å². The highest BCUT2D eigenvalue weighted by atomic mass is 79.9. The van der Waals surface area contributed by atoms with Crippen molar-refractivity contribution in [1.29, 1.82) is 0 Å². The highest BCUT2D eigenvalue weighted by Crippen LogP contribution is 2.21. The molecule has 3 nitrogen and oxygen atoms in total. The van der Waals surface area contributed by atoms with Gasteiger partial charge in [-0.25, -0.2) is 4.98 Å². The first-order chi connectivity index (χ1) is 8.13. The summed E-state index contributed by atoms with van der Waals surface area (Å²) in [5.41, 5.74) is 6.73. The molecule has 0 spiro atoms. The molecule has 0 aliphatic carbocycles. The van der Waals surface area contributed by atoms with Crippen molar-refractivity contribution in [3.8, 4) is 0 Å². The van der Waals surface area contributed by atoms with Crippen LogP contribution in [0, 0.1) is 0 Å². The molecule has 0 aromatic carbocycles. The van der Waals surface area contributed by atoms with Crippen molar-refractivity contribution >= 4 is 33.1 Å². The molecular weight excluding hydrogens is 298 g/mol. The second kappa shape index (κ2) is 5.62. The molecule has 0 fully saturated rings. The van der Waals surface area contributed by atoms with Gasteiger partial charge >= 0.3 is 0 Å². The number of nitrogens with two attached hydrogens (primary N) is 1. The molecule has 0 saturated carbocycles. The quantitative estimate of drug-likeness (QED) is 0.943. The summed E-state index contributed by atoms with van der Waals surface area (Å²) < 4.78 is 1.15. The standard InChI is InChI=1S/C12H14BrN3S/c1-16(7-11-4-10(13)8-17-11)6-9-2-3-12(14)15-5-9/h2-5,8H,6-7H2,1H3,(H2,14,15). The lowest BCUT2D eigenvalue weighted by molar-refractivity contribution is 0.321. The Morgan fingerprint density at radius 3 is 2.82 bits per heavy atom. The zero-order valence-electron chi connectivity index (χ0n) is 9.56. The normalized spacial score (nSPS) is 11.0. The van der Waals surface area contributed by atoms with E-state index in [0.29, 0.717) is 5.82 Å². The lowest BCUT2D eigenvalue weighted by Crippen LogP contribution is -2.16. The Hall–Kier alpha value is -0.910. The number of hydrogen-bond acceptors (Lipinski definition) is 4. The number of aromatic nitrogens is 1. The van der Waals surface area contributed by atoms with E-state index >= 15 is 0 Å². The number of halogens is 1. The topological polar surface area (TPSA) is 42.1 Å². The van der Waals surface area contributed by atoms with Gasteiger partial charge in [0, 0.05) is 34.0 Å². The van der Waals surface area contributed by atoms with Crippen LogP contribution in [0.1, 0.15) is 10.4 Å². The number of nitrogens with zero attached hydrogens (tertiary/aromatic N) is 2. The molecule has 0 amide bonds. The predicted octanol–water partition coefficient (Wildman–Crippen LogP) is 3.12. The molecule has 17 heavy (non-hydrogen) atoms. The first kappa shape index (κ1) is 12.5. The van der Waals surface area contributed by atoms with E-state index in [-0.39, 0.29) is 0 Å². The van der Waals surface area contributed by atoms with Crippen LogP contribution in [0.5, 0.6) is 0 Å². The van der Waals surface area contributed by atoms with Gasteiger partial charge in [0.1, 0.15) is 5.82 Å². The third-order valence-corrected chi connectivity index (χ3v) is 4.03. The fourth-order valence-corrected chi connectivity index (χ4v) is 3.13. The van der Waals surface area contributed by atoms with Crippen LogP contribution in [0.15, 0.2) is 34.2 Å². The number of pyridine rings is 1. The van der Waals surface area contributed by atoms with Gasteiger partial charge in [-0.2, -0.15) is 0 Å². The van der Waals surface area contributed by atoms with Crippen molar-refractivity contribution in [2.45, 2.75) is 13.1 Å². The van der Waals surface area contributed by atoms with Crippen molar-refractivity contribution in [2.75, 3.05) is 12.8 Å². The molecule has 2 aromatic heterocycles. The molecule has 2 rings (SSSR count). The average molecular weight is 312 g/mol. The summed E-state index contributed by atoms with van der Waals surface area (Å²) in [6.07, 6.45) is 1.83. The van der Waals surface area contributed by atoms with Crippen molar-refractivity contribution in [3.63, 3.8) is 0 Å². The minimum absolute atomic E-state index is 0.568. The molecular formula is C12H14BrN3S. The Morgan fingerprint density at radius 2 is 2.24 bits per heavy atom. The van der Waals surface area contributed by atoms with E-state index in [9.17, 15) is 0 Å². The first-order valence-corrected chi connectivity index (χ1v) is 6.92. The second-order valence-electron chi connectivity index (χ2n) is 3.99.